The van der Waals surface area contributed by atoms with Crippen LogP contribution in [0.4, 0.5) is 0 Å². The molecule has 0 aliphatic heterocycles. The Labute approximate surface area is 115 Å². The van der Waals surface area contributed by atoms with Gasteiger partial charge in [0, 0.05) is 12.1 Å². The monoisotopic (exact) mass is 256 g/mol. The Morgan fingerprint density at radius 1 is 0.667 bits per heavy atom. The van der Waals surface area contributed by atoms with E-state index >= 15 is 0 Å². The van der Waals surface area contributed by atoms with Crippen molar-refractivity contribution < 1.29 is 0 Å². The molecule has 0 aromatic rings. The average Bonchev–Trinajstić information content (AvgIpc) is 2.33. The van der Waals surface area contributed by atoms with E-state index in [1.54, 1.807) is 0 Å². The van der Waals surface area contributed by atoms with Gasteiger partial charge in [0.25, 0.3) is 0 Å². The van der Waals surface area contributed by atoms with Gasteiger partial charge < -0.3 is 10.6 Å². The van der Waals surface area contributed by atoms with Crippen LogP contribution in [0.5, 0.6) is 0 Å². The van der Waals surface area contributed by atoms with Crippen LogP contribution in [-0.4, -0.2) is 25.2 Å². The second-order valence-electron chi connectivity index (χ2n) is 6.75. The average molecular weight is 256 g/mol. The number of nitrogens with one attached hydrogen (secondary N) is 2. The largest absolute Gasteiger partial charge is 0.312 e. The van der Waals surface area contributed by atoms with Crippen LogP contribution in [0.2, 0.25) is 0 Å². The smallest absolute Gasteiger partial charge is 0.0277 e. The van der Waals surface area contributed by atoms with Gasteiger partial charge in [-0.25, -0.2) is 0 Å². The minimum absolute atomic E-state index is 0.315. The Balaban J connectivity index is 5.23. The molecule has 2 nitrogen and oxygen atoms in total. The lowest BCUT2D eigenvalue weighted by Crippen LogP contribution is -2.60. The van der Waals surface area contributed by atoms with Crippen molar-refractivity contribution in [3.05, 3.63) is 0 Å². The summed E-state index contributed by atoms with van der Waals surface area (Å²) in [5, 5.41) is 7.47. The van der Waals surface area contributed by atoms with Crippen molar-refractivity contribution in [3.63, 3.8) is 0 Å². The summed E-state index contributed by atoms with van der Waals surface area (Å²) in [4.78, 5) is 0. The van der Waals surface area contributed by atoms with Crippen LogP contribution < -0.4 is 10.6 Å². The molecular formula is C16H36N2. The highest BCUT2D eigenvalue weighted by Gasteiger charge is 2.40. The van der Waals surface area contributed by atoms with E-state index in [0.29, 0.717) is 22.9 Å². The van der Waals surface area contributed by atoms with E-state index in [4.69, 9.17) is 0 Å². The second-order valence-corrected chi connectivity index (χ2v) is 6.75. The van der Waals surface area contributed by atoms with Gasteiger partial charge in [0.1, 0.15) is 0 Å². The third-order valence-corrected chi connectivity index (χ3v) is 4.69. The number of rotatable bonds is 9. The molecule has 2 N–H and O–H groups in total. The summed E-state index contributed by atoms with van der Waals surface area (Å²) >= 11 is 0. The summed E-state index contributed by atoms with van der Waals surface area (Å²) in [5.74, 6) is 0. The van der Waals surface area contributed by atoms with Gasteiger partial charge in [-0.1, -0.05) is 55.4 Å². The summed E-state index contributed by atoms with van der Waals surface area (Å²) in [6.07, 6.45) is 2.40. The fourth-order valence-electron chi connectivity index (χ4n) is 2.57. The first-order valence-electron chi connectivity index (χ1n) is 7.73. The molecule has 0 bridgehead atoms. The molecule has 0 radical (unpaired) electrons. The quantitative estimate of drug-likeness (QED) is 0.655. The molecule has 0 heterocycles. The number of likely N-dealkylation sites (N-methyl/N-ethyl adjacent to an activating group) is 2. The topological polar surface area (TPSA) is 24.1 Å². The van der Waals surface area contributed by atoms with E-state index in [-0.39, 0.29) is 0 Å². The van der Waals surface area contributed by atoms with E-state index in [9.17, 15) is 0 Å². The van der Waals surface area contributed by atoms with Crippen LogP contribution in [0.25, 0.3) is 0 Å². The van der Waals surface area contributed by atoms with E-state index in [0.717, 1.165) is 13.1 Å². The van der Waals surface area contributed by atoms with Gasteiger partial charge in [0.2, 0.25) is 0 Å². The Morgan fingerprint density at radius 2 is 0.944 bits per heavy atom. The molecule has 0 amide bonds. The van der Waals surface area contributed by atoms with Crippen LogP contribution >= 0.6 is 0 Å². The highest BCUT2D eigenvalue weighted by Crippen LogP contribution is 2.35. The third kappa shape index (κ3) is 4.55. The molecule has 0 saturated carbocycles. The lowest BCUT2D eigenvalue weighted by molar-refractivity contribution is 0.106. The fourth-order valence-corrected chi connectivity index (χ4v) is 2.57. The maximum absolute atomic E-state index is 3.74. The van der Waals surface area contributed by atoms with Crippen molar-refractivity contribution in [3.8, 4) is 0 Å². The molecule has 0 aromatic heterocycles. The fraction of sp³-hybridized carbons (Fsp3) is 1.00. The van der Waals surface area contributed by atoms with E-state index in [1.807, 2.05) is 0 Å². The van der Waals surface area contributed by atoms with Crippen molar-refractivity contribution in [2.75, 3.05) is 13.1 Å². The molecule has 0 aromatic carbocycles. The Morgan fingerprint density at radius 3 is 1.11 bits per heavy atom. The van der Waals surface area contributed by atoms with Gasteiger partial charge >= 0.3 is 0 Å². The van der Waals surface area contributed by atoms with Gasteiger partial charge in [0.15, 0.2) is 0 Å². The zero-order valence-corrected chi connectivity index (χ0v) is 14.0. The molecule has 2 unspecified atom stereocenters. The highest BCUT2D eigenvalue weighted by molar-refractivity contribution is 4.98. The van der Waals surface area contributed by atoms with Gasteiger partial charge in [0.05, 0.1) is 0 Å². The summed E-state index contributed by atoms with van der Waals surface area (Å²) < 4.78 is 0. The first kappa shape index (κ1) is 17.9. The SMILES string of the molecule is CCNC(C(NCC)C(C)(C)CC)C(C)(C)CC. The summed E-state index contributed by atoms with van der Waals surface area (Å²) in [6, 6.07) is 1.03. The van der Waals surface area contributed by atoms with E-state index in [2.05, 4.69) is 66.0 Å². The lowest BCUT2D eigenvalue weighted by atomic mass is 9.69. The van der Waals surface area contributed by atoms with Gasteiger partial charge in [-0.15, -0.1) is 0 Å². The Bertz CT molecular complexity index is 197. The van der Waals surface area contributed by atoms with Crippen LogP contribution in [0.15, 0.2) is 0 Å². The summed E-state index contributed by atoms with van der Waals surface area (Å²) in [5.41, 5.74) is 0.630. The molecule has 0 rings (SSSR count). The second kappa shape index (κ2) is 7.49. The molecule has 0 aliphatic rings. The zero-order valence-electron chi connectivity index (χ0n) is 14.0. The van der Waals surface area contributed by atoms with Crippen LogP contribution in [-0.2, 0) is 0 Å². The van der Waals surface area contributed by atoms with Crippen molar-refractivity contribution >= 4 is 0 Å². The molecule has 0 fully saturated rings. The summed E-state index contributed by atoms with van der Waals surface area (Å²) in [7, 11) is 0. The predicted octanol–water partition coefficient (Wildman–Crippen LogP) is 3.82. The van der Waals surface area contributed by atoms with Crippen LogP contribution in [0, 0.1) is 10.8 Å². The normalized spacial score (nSPS) is 16.7. The molecule has 2 heteroatoms. The van der Waals surface area contributed by atoms with Crippen molar-refractivity contribution in [1.29, 1.82) is 0 Å². The zero-order chi connectivity index (χ0) is 14.4. The predicted molar refractivity (Wildman–Crippen MR) is 83.1 cm³/mol. The molecule has 2 atom stereocenters. The minimum Gasteiger partial charge on any atom is -0.312 e. The van der Waals surface area contributed by atoms with E-state index < -0.39 is 0 Å². The Kier molecular flexibility index (Phi) is 7.46. The Hall–Kier alpha value is -0.0800. The molecule has 18 heavy (non-hydrogen) atoms. The number of hydrogen-bond donors (Lipinski definition) is 2. The maximum atomic E-state index is 3.74. The molecule has 0 aliphatic carbocycles. The number of hydrogen-bond acceptors (Lipinski definition) is 2. The van der Waals surface area contributed by atoms with Crippen LogP contribution in [0.3, 0.4) is 0 Å². The first-order valence-corrected chi connectivity index (χ1v) is 7.73. The van der Waals surface area contributed by atoms with Crippen LogP contribution in [0.1, 0.15) is 68.2 Å². The molecule has 0 spiro atoms. The summed E-state index contributed by atoms with van der Waals surface area (Å²) in [6.45, 7) is 20.6. The minimum atomic E-state index is 0.315. The van der Waals surface area contributed by atoms with E-state index in [1.165, 1.54) is 12.8 Å². The van der Waals surface area contributed by atoms with Gasteiger partial charge in [-0.2, -0.15) is 0 Å². The van der Waals surface area contributed by atoms with Crippen molar-refractivity contribution in [2.45, 2.75) is 80.3 Å². The van der Waals surface area contributed by atoms with Gasteiger partial charge in [-0.3, -0.25) is 0 Å². The maximum Gasteiger partial charge on any atom is 0.0277 e. The van der Waals surface area contributed by atoms with Gasteiger partial charge in [-0.05, 0) is 36.8 Å². The van der Waals surface area contributed by atoms with Crippen molar-refractivity contribution in [1.82, 2.24) is 10.6 Å². The molecule has 0 saturated heterocycles. The lowest BCUT2D eigenvalue weighted by Gasteiger charge is -2.47. The first-order chi connectivity index (χ1) is 8.26. The highest BCUT2D eigenvalue weighted by atomic mass is 15.0. The molecule has 110 valence electrons. The molecular weight excluding hydrogens is 220 g/mol. The third-order valence-electron chi connectivity index (χ3n) is 4.69. The van der Waals surface area contributed by atoms with Crippen molar-refractivity contribution in [2.24, 2.45) is 10.8 Å². The standard InChI is InChI=1S/C16H36N2/c1-9-15(5,6)13(17-11-3)14(18-12-4)16(7,8)10-2/h13-14,17-18H,9-12H2,1-8H3.